The zero-order valence-corrected chi connectivity index (χ0v) is 12.5. The smallest absolute Gasteiger partial charge is 0.257 e. The predicted octanol–water partition coefficient (Wildman–Crippen LogP) is 2.85. The molecule has 2 aromatic rings. The molecule has 1 aromatic heterocycles. The first-order valence-electron chi connectivity index (χ1n) is 7.40. The Hall–Kier alpha value is -2.23. The van der Waals surface area contributed by atoms with E-state index in [9.17, 15) is 4.79 Å². The molecule has 1 aromatic carbocycles. The Morgan fingerprint density at radius 1 is 1.19 bits per heavy atom. The lowest BCUT2D eigenvalue weighted by Crippen LogP contribution is -2.36. The molecule has 4 heteroatoms. The second-order valence-electron chi connectivity index (χ2n) is 5.86. The monoisotopic (exact) mass is 283 g/mol. The van der Waals surface area contributed by atoms with Crippen LogP contribution >= 0.6 is 0 Å². The molecule has 4 nitrogen and oxygen atoms in total. The first-order chi connectivity index (χ1) is 10.1. The minimum atomic E-state index is 0.0291. The Bertz CT molecular complexity index is 672. The fraction of sp³-hybridized carbons (Fsp3) is 0.353. The number of anilines is 1. The van der Waals surface area contributed by atoms with Gasteiger partial charge in [0.1, 0.15) is 5.82 Å². The molecule has 0 spiro atoms. The van der Waals surface area contributed by atoms with Crippen LogP contribution in [0.3, 0.4) is 0 Å². The third kappa shape index (κ3) is 2.42. The molecule has 21 heavy (non-hydrogen) atoms. The quantitative estimate of drug-likeness (QED) is 0.921. The summed E-state index contributed by atoms with van der Waals surface area (Å²) in [6, 6.07) is 10.4. The van der Waals surface area contributed by atoms with Crippen molar-refractivity contribution in [3.8, 4) is 0 Å². The number of nitrogen functional groups attached to an aromatic ring is 1. The molecule has 0 fully saturated rings. The number of carbonyl (C=O) groups excluding carboxylic acids is 1. The second-order valence-corrected chi connectivity index (χ2v) is 5.86. The van der Waals surface area contributed by atoms with Crippen LogP contribution in [0, 0.1) is 0 Å². The van der Waals surface area contributed by atoms with Crippen LogP contribution in [0.4, 0.5) is 5.82 Å². The molecule has 0 bridgehead atoms. The standard InChI is InChI=1S/C17H21N3O/c1-12(2)20-10-8-15(16(20)18)17(21)19-9-7-13-5-3-4-6-14(13)11-19/h3-6,8,10,12H,7,9,11,18H2,1-2H3. The van der Waals surface area contributed by atoms with Crippen LogP contribution in [0.5, 0.6) is 0 Å². The molecular formula is C17H21N3O. The number of rotatable bonds is 2. The van der Waals surface area contributed by atoms with Crippen LogP contribution in [0.25, 0.3) is 0 Å². The summed E-state index contributed by atoms with van der Waals surface area (Å²) in [6.45, 7) is 5.53. The van der Waals surface area contributed by atoms with Gasteiger partial charge in [0, 0.05) is 25.3 Å². The van der Waals surface area contributed by atoms with Crippen molar-refractivity contribution in [1.29, 1.82) is 0 Å². The highest BCUT2D eigenvalue weighted by atomic mass is 16.2. The molecular weight excluding hydrogens is 262 g/mol. The molecule has 0 radical (unpaired) electrons. The maximum absolute atomic E-state index is 12.7. The van der Waals surface area contributed by atoms with Crippen LogP contribution in [0.15, 0.2) is 36.5 Å². The topological polar surface area (TPSA) is 51.3 Å². The molecule has 1 aliphatic rings. The molecule has 1 amide bonds. The molecule has 0 saturated heterocycles. The van der Waals surface area contributed by atoms with Gasteiger partial charge in [0.15, 0.2) is 0 Å². The predicted molar refractivity (Wildman–Crippen MR) is 84.1 cm³/mol. The Balaban J connectivity index is 1.84. The number of hydrogen-bond acceptors (Lipinski definition) is 2. The Morgan fingerprint density at radius 2 is 1.90 bits per heavy atom. The zero-order chi connectivity index (χ0) is 15.0. The van der Waals surface area contributed by atoms with E-state index in [2.05, 4.69) is 32.0 Å². The van der Waals surface area contributed by atoms with E-state index < -0.39 is 0 Å². The van der Waals surface area contributed by atoms with Gasteiger partial charge in [-0.25, -0.2) is 0 Å². The van der Waals surface area contributed by atoms with Crippen LogP contribution < -0.4 is 5.73 Å². The number of amides is 1. The number of aromatic nitrogens is 1. The van der Waals surface area contributed by atoms with Gasteiger partial charge in [-0.1, -0.05) is 24.3 Å². The largest absolute Gasteiger partial charge is 0.384 e. The van der Waals surface area contributed by atoms with Crippen molar-refractivity contribution in [3.05, 3.63) is 53.2 Å². The third-order valence-electron chi connectivity index (χ3n) is 4.16. The third-order valence-corrected chi connectivity index (χ3v) is 4.16. The minimum absolute atomic E-state index is 0.0291. The summed E-state index contributed by atoms with van der Waals surface area (Å²) >= 11 is 0. The van der Waals surface area contributed by atoms with Crippen molar-refractivity contribution in [2.75, 3.05) is 12.3 Å². The van der Waals surface area contributed by atoms with Crippen molar-refractivity contribution < 1.29 is 4.79 Å². The molecule has 2 N–H and O–H groups in total. The van der Waals surface area contributed by atoms with Crippen LogP contribution in [0.1, 0.15) is 41.4 Å². The molecule has 0 aliphatic carbocycles. The maximum Gasteiger partial charge on any atom is 0.257 e. The highest BCUT2D eigenvalue weighted by Gasteiger charge is 2.24. The number of fused-ring (bicyclic) bond motifs is 1. The van der Waals surface area contributed by atoms with E-state index in [0.29, 0.717) is 17.9 Å². The number of carbonyl (C=O) groups is 1. The van der Waals surface area contributed by atoms with Crippen molar-refractivity contribution in [2.45, 2.75) is 32.9 Å². The first-order valence-corrected chi connectivity index (χ1v) is 7.40. The Kier molecular flexibility index (Phi) is 3.45. The van der Waals surface area contributed by atoms with E-state index in [1.54, 1.807) is 0 Å². The molecule has 2 heterocycles. The summed E-state index contributed by atoms with van der Waals surface area (Å²) in [6.07, 6.45) is 2.80. The second kappa shape index (κ2) is 5.28. The van der Waals surface area contributed by atoms with E-state index in [0.717, 1.165) is 13.0 Å². The van der Waals surface area contributed by atoms with Gasteiger partial charge in [-0.3, -0.25) is 4.79 Å². The van der Waals surface area contributed by atoms with Gasteiger partial charge in [-0.2, -0.15) is 0 Å². The van der Waals surface area contributed by atoms with E-state index in [4.69, 9.17) is 5.73 Å². The summed E-state index contributed by atoms with van der Waals surface area (Å²) in [4.78, 5) is 14.6. The van der Waals surface area contributed by atoms with E-state index in [1.165, 1.54) is 11.1 Å². The summed E-state index contributed by atoms with van der Waals surface area (Å²) in [5, 5.41) is 0. The minimum Gasteiger partial charge on any atom is -0.384 e. The van der Waals surface area contributed by atoms with Gasteiger partial charge in [0.25, 0.3) is 5.91 Å². The average Bonchev–Trinajstić information content (AvgIpc) is 2.88. The molecule has 1 aliphatic heterocycles. The van der Waals surface area contributed by atoms with Crippen molar-refractivity contribution in [3.63, 3.8) is 0 Å². The molecule has 110 valence electrons. The zero-order valence-electron chi connectivity index (χ0n) is 12.5. The summed E-state index contributed by atoms with van der Waals surface area (Å²) in [7, 11) is 0. The lowest BCUT2D eigenvalue weighted by atomic mass is 9.99. The fourth-order valence-corrected chi connectivity index (χ4v) is 2.93. The Morgan fingerprint density at radius 3 is 2.57 bits per heavy atom. The van der Waals surface area contributed by atoms with Gasteiger partial charge in [-0.15, -0.1) is 0 Å². The summed E-state index contributed by atoms with van der Waals surface area (Å²) in [5.74, 6) is 0.593. The fourth-order valence-electron chi connectivity index (χ4n) is 2.93. The maximum atomic E-state index is 12.7. The number of nitrogens with two attached hydrogens (primary N) is 1. The van der Waals surface area contributed by atoms with E-state index in [1.807, 2.05) is 27.8 Å². The highest BCUT2D eigenvalue weighted by molar-refractivity contribution is 5.98. The highest BCUT2D eigenvalue weighted by Crippen LogP contribution is 2.24. The number of hydrogen-bond donors (Lipinski definition) is 1. The van der Waals surface area contributed by atoms with E-state index >= 15 is 0 Å². The molecule has 0 atom stereocenters. The lowest BCUT2D eigenvalue weighted by molar-refractivity contribution is 0.0736. The van der Waals surface area contributed by atoms with E-state index in [-0.39, 0.29) is 11.9 Å². The molecule has 0 unspecified atom stereocenters. The Labute approximate surface area is 125 Å². The van der Waals surface area contributed by atoms with Crippen LogP contribution in [0.2, 0.25) is 0 Å². The van der Waals surface area contributed by atoms with Crippen LogP contribution in [-0.4, -0.2) is 21.9 Å². The average molecular weight is 283 g/mol. The van der Waals surface area contributed by atoms with Gasteiger partial charge in [-0.05, 0) is 37.5 Å². The number of benzene rings is 1. The van der Waals surface area contributed by atoms with Crippen molar-refractivity contribution in [1.82, 2.24) is 9.47 Å². The first kappa shape index (κ1) is 13.7. The van der Waals surface area contributed by atoms with Crippen LogP contribution in [-0.2, 0) is 13.0 Å². The van der Waals surface area contributed by atoms with Gasteiger partial charge >= 0.3 is 0 Å². The van der Waals surface area contributed by atoms with Gasteiger partial charge in [0.05, 0.1) is 5.56 Å². The lowest BCUT2D eigenvalue weighted by Gasteiger charge is -2.29. The van der Waals surface area contributed by atoms with Gasteiger partial charge < -0.3 is 15.2 Å². The molecule has 0 saturated carbocycles. The van der Waals surface area contributed by atoms with Crippen molar-refractivity contribution >= 4 is 11.7 Å². The summed E-state index contributed by atoms with van der Waals surface area (Å²) < 4.78 is 1.94. The van der Waals surface area contributed by atoms with Crippen molar-refractivity contribution in [2.24, 2.45) is 0 Å². The molecule has 3 rings (SSSR count). The number of nitrogens with zero attached hydrogens (tertiary/aromatic N) is 2. The SMILES string of the molecule is CC(C)n1ccc(C(=O)N2CCc3ccccc3C2)c1N. The van der Waals surface area contributed by atoms with Gasteiger partial charge in [0.2, 0.25) is 0 Å². The summed E-state index contributed by atoms with van der Waals surface area (Å²) in [5.41, 5.74) is 9.31. The normalized spacial score (nSPS) is 14.3.